The van der Waals surface area contributed by atoms with Gasteiger partial charge in [-0.25, -0.2) is 8.78 Å². The normalized spacial score (nSPS) is 21.9. The van der Waals surface area contributed by atoms with Crippen molar-refractivity contribution in [1.82, 2.24) is 0 Å². The fourth-order valence-electron chi connectivity index (χ4n) is 2.56. The molecular weight excluding hydrogens is 298 g/mol. The van der Waals surface area contributed by atoms with E-state index in [1.54, 1.807) is 0 Å². The number of anilines is 1. The van der Waals surface area contributed by atoms with Crippen molar-refractivity contribution >= 4 is 34.7 Å². The van der Waals surface area contributed by atoms with E-state index in [2.05, 4.69) is 12.2 Å². The number of thioether (sulfide) groups is 1. The Hall–Kier alpha value is -0.880. The van der Waals surface area contributed by atoms with Crippen LogP contribution in [0.1, 0.15) is 31.7 Å². The van der Waals surface area contributed by atoms with Gasteiger partial charge < -0.3 is 11.1 Å². The number of rotatable bonds is 5. The SMILES string of the molecule is CCSC1CCCC1Nc1ccc(C(N)=S)c(F)c1F. The Kier molecular flexibility index (Phi) is 5.21. The average Bonchev–Trinajstić information content (AvgIpc) is 2.83. The number of thiocarbonyl (C=S) groups is 1. The summed E-state index contributed by atoms with van der Waals surface area (Å²) >= 11 is 6.56. The third-order valence-electron chi connectivity index (χ3n) is 3.52. The second-order valence-corrected chi connectivity index (χ2v) is 6.78. The van der Waals surface area contributed by atoms with Crippen LogP contribution in [0, 0.1) is 11.6 Å². The van der Waals surface area contributed by atoms with Gasteiger partial charge in [-0.1, -0.05) is 25.6 Å². The highest BCUT2D eigenvalue weighted by atomic mass is 32.2. The van der Waals surface area contributed by atoms with Gasteiger partial charge in [0, 0.05) is 16.9 Å². The van der Waals surface area contributed by atoms with Crippen molar-refractivity contribution in [3.8, 4) is 0 Å². The molecular formula is C14H18F2N2S2. The molecule has 2 atom stereocenters. The van der Waals surface area contributed by atoms with Gasteiger partial charge in [-0.3, -0.25) is 0 Å². The van der Waals surface area contributed by atoms with E-state index in [0.29, 0.717) is 5.25 Å². The van der Waals surface area contributed by atoms with Crippen LogP contribution in [0.25, 0.3) is 0 Å². The maximum absolute atomic E-state index is 14.0. The lowest BCUT2D eigenvalue weighted by molar-refractivity contribution is 0.508. The largest absolute Gasteiger partial charge is 0.389 e. The molecule has 1 fully saturated rings. The van der Waals surface area contributed by atoms with Gasteiger partial charge in [-0.2, -0.15) is 11.8 Å². The number of nitrogens with one attached hydrogen (secondary N) is 1. The summed E-state index contributed by atoms with van der Waals surface area (Å²) < 4.78 is 27.9. The molecule has 0 amide bonds. The van der Waals surface area contributed by atoms with Crippen LogP contribution < -0.4 is 11.1 Å². The summed E-state index contributed by atoms with van der Waals surface area (Å²) in [7, 11) is 0. The molecule has 0 spiro atoms. The lowest BCUT2D eigenvalue weighted by atomic mass is 10.1. The average molecular weight is 316 g/mol. The maximum Gasteiger partial charge on any atom is 0.182 e. The lowest BCUT2D eigenvalue weighted by Gasteiger charge is -2.22. The van der Waals surface area contributed by atoms with E-state index in [9.17, 15) is 8.78 Å². The van der Waals surface area contributed by atoms with E-state index < -0.39 is 11.6 Å². The molecule has 20 heavy (non-hydrogen) atoms. The van der Waals surface area contributed by atoms with Gasteiger partial charge in [0.05, 0.1) is 5.69 Å². The van der Waals surface area contributed by atoms with Crippen LogP contribution in [-0.2, 0) is 0 Å². The number of halogens is 2. The lowest BCUT2D eigenvalue weighted by Crippen LogP contribution is -2.27. The highest BCUT2D eigenvalue weighted by Gasteiger charge is 2.28. The molecule has 3 N–H and O–H groups in total. The number of nitrogens with two attached hydrogens (primary N) is 1. The fraction of sp³-hybridized carbons (Fsp3) is 0.500. The summed E-state index contributed by atoms with van der Waals surface area (Å²) in [5, 5.41) is 3.59. The molecule has 0 aliphatic heterocycles. The summed E-state index contributed by atoms with van der Waals surface area (Å²) in [6.45, 7) is 2.11. The Labute approximate surface area is 127 Å². The topological polar surface area (TPSA) is 38.0 Å². The molecule has 2 unspecified atom stereocenters. The van der Waals surface area contributed by atoms with E-state index in [4.69, 9.17) is 18.0 Å². The number of hydrogen-bond donors (Lipinski definition) is 2. The van der Waals surface area contributed by atoms with Crippen LogP contribution in [0.5, 0.6) is 0 Å². The summed E-state index contributed by atoms with van der Waals surface area (Å²) in [6.07, 6.45) is 3.21. The van der Waals surface area contributed by atoms with Crippen LogP contribution >= 0.6 is 24.0 Å². The smallest absolute Gasteiger partial charge is 0.182 e. The highest BCUT2D eigenvalue weighted by Crippen LogP contribution is 2.33. The molecule has 2 nitrogen and oxygen atoms in total. The second kappa shape index (κ2) is 6.72. The molecule has 110 valence electrons. The molecule has 1 aromatic rings. The zero-order valence-corrected chi connectivity index (χ0v) is 12.9. The summed E-state index contributed by atoms with van der Waals surface area (Å²) in [5.74, 6) is -0.845. The molecule has 0 bridgehead atoms. The van der Waals surface area contributed by atoms with Crippen LogP contribution in [0.4, 0.5) is 14.5 Å². The van der Waals surface area contributed by atoms with Crippen molar-refractivity contribution in [2.24, 2.45) is 5.73 Å². The zero-order chi connectivity index (χ0) is 14.7. The first-order chi connectivity index (χ1) is 9.54. The molecule has 0 aromatic heterocycles. The molecule has 1 aliphatic rings. The number of benzene rings is 1. The Bertz CT molecular complexity index is 508. The minimum absolute atomic E-state index is 0.0473. The number of hydrogen-bond acceptors (Lipinski definition) is 3. The molecule has 0 radical (unpaired) electrons. The quantitative estimate of drug-likeness (QED) is 0.813. The maximum atomic E-state index is 14.0. The predicted molar refractivity (Wildman–Crippen MR) is 85.4 cm³/mol. The fourth-order valence-corrected chi connectivity index (χ4v) is 3.91. The Balaban J connectivity index is 2.18. The third kappa shape index (κ3) is 3.23. The van der Waals surface area contributed by atoms with Crippen LogP contribution in [0.2, 0.25) is 0 Å². The highest BCUT2D eigenvalue weighted by molar-refractivity contribution is 7.99. The van der Waals surface area contributed by atoms with Gasteiger partial charge in [0.1, 0.15) is 4.99 Å². The molecule has 1 aliphatic carbocycles. The zero-order valence-electron chi connectivity index (χ0n) is 11.3. The van der Waals surface area contributed by atoms with Crippen molar-refractivity contribution in [2.75, 3.05) is 11.1 Å². The summed E-state index contributed by atoms with van der Waals surface area (Å²) in [5.41, 5.74) is 5.50. The first-order valence-electron chi connectivity index (χ1n) is 6.70. The first-order valence-corrected chi connectivity index (χ1v) is 8.16. The van der Waals surface area contributed by atoms with Crippen molar-refractivity contribution in [3.05, 3.63) is 29.3 Å². The van der Waals surface area contributed by atoms with Gasteiger partial charge in [0.15, 0.2) is 11.6 Å². The third-order valence-corrected chi connectivity index (χ3v) is 5.07. The van der Waals surface area contributed by atoms with Crippen molar-refractivity contribution in [1.29, 1.82) is 0 Å². The molecule has 1 aromatic carbocycles. The first kappa shape index (κ1) is 15.5. The molecule has 2 rings (SSSR count). The van der Waals surface area contributed by atoms with Crippen molar-refractivity contribution < 1.29 is 8.78 Å². The monoisotopic (exact) mass is 316 g/mol. The molecule has 0 saturated heterocycles. The van der Waals surface area contributed by atoms with E-state index >= 15 is 0 Å². The molecule has 0 heterocycles. The van der Waals surface area contributed by atoms with E-state index in [1.165, 1.54) is 12.1 Å². The standard InChI is InChI=1S/C14H18F2N2S2/c1-2-20-11-5-3-4-9(11)18-10-7-6-8(14(17)19)12(15)13(10)16/h6-7,9,11,18H,2-5H2,1H3,(H2,17,19). The van der Waals surface area contributed by atoms with Gasteiger partial charge >= 0.3 is 0 Å². The van der Waals surface area contributed by atoms with Gasteiger partial charge in [0.25, 0.3) is 0 Å². The molecule has 1 saturated carbocycles. The van der Waals surface area contributed by atoms with E-state index in [1.807, 2.05) is 11.8 Å². The minimum atomic E-state index is -0.972. The van der Waals surface area contributed by atoms with Gasteiger partial charge in [0.2, 0.25) is 0 Å². The van der Waals surface area contributed by atoms with Crippen LogP contribution in [0.15, 0.2) is 12.1 Å². The van der Waals surface area contributed by atoms with E-state index in [0.717, 1.165) is 25.0 Å². The predicted octanol–water partition coefficient (Wildman–Crippen LogP) is 3.69. The summed E-state index contributed by atoms with van der Waals surface area (Å²) in [6, 6.07) is 3.13. The Morgan fingerprint density at radius 1 is 1.40 bits per heavy atom. The van der Waals surface area contributed by atoms with E-state index in [-0.39, 0.29) is 22.3 Å². The summed E-state index contributed by atoms with van der Waals surface area (Å²) in [4.78, 5) is -0.131. The van der Waals surface area contributed by atoms with Gasteiger partial charge in [-0.15, -0.1) is 0 Å². The van der Waals surface area contributed by atoms with Crippen molar-refractivity contribution in [3.63, 3.8) is 0 Å². The Morgan fingerprint density at radius 2 is 2.15 bits per heavy atom. The minimum Gasteiger partial charge on any atom is -0.389 e. The van der Waals surface area contributed by atoms with Crippen molar-refractivity contribution in [2.45, 2.75) is 37.5 Å². The molecule has 6 heteroatoms. The second-order valence-electron chi connectivity index (χ2n) is 4.83. The Morgan fingerprint density at radius 3 is 2.80 bits per heavy atom. The van der Waals surface area contributed by atoms with Crippen LogP contribution in [0.3, 0.4) is 0 Å². The van der Waals surface area contributed by atoms with Gasteiger partial charge in [-0.05, 0) is 30.7 Å². The van der Waals surface area contributed by atoms with Crippen LogP contribution in [-0.4, -0.2) is 22.0 Å².